The van der Waals surface area contributed by atoms with Crippen molar-refractivity contribution in [2.24, 2.45) is 0 Å². The molecule has 1 N–H and O–H groups in total. The van der Waals surface area contributed by atoms with Crippen molar-refractivity contribution in [2.75, 3.05) is 12.4 Å². The zero-order valence-corrected chi connectivity index (χ0v) is 14.4. The molecule has 0 bridgehead atoms. The van der Waals surface area contributed by atoms with Gasteiger partial charge < -0.3 is 14.6 Å². The molecule has 0 radical (unpaired) electrons. The first-order chi connectivity index (χ1) is 12.0. The van der Waals surface area contributed by atoms with Gasteiger partial charge >= 0.3 is 5.97 Å². The predicted octanol–water partition coefficient (Wildman–Crippen LogP) is 3.08. The van der Waals surface area contributed by atoms with Crippen LogP contribution in [0.2, 0.25) is 0 Å². The van der Waals surface area contributed by atoms with E-state index in [0.29, 0.717) is 11.3 Å². The fourth-order valence-electron chi connectivity index (χ4n) is 2.60. The molecule has 1 amide bonds. The highest BCUT2D eigenvalue weighted by Crippen LogP contribution is 2.18. The molecule has 3 rings (SSSR count). The van der Waals surface area contributed by atoms with E-state index in [2.05, 4.69) is 15.0 Å². The van der Waals surface area contributed by atoms with Gasteiger partial charge in [-0.2, -0.15) is 0 Å². The van der Waals surface area contributed by atoms with Gasteiger partial charge in [-0.1, -0.05) is 0 Å². The van der Waals surface area contributed by atoms with Crippen molar-refractivity contribution >= 4 is 28.6 Å². The number of carbonyl (C=O) groups is 2. The summed E-state index contributed by atoms with van der Waals surface area (Å²) < 4.78 is 6.47. The Morgan fingerprint density at radius 3 is 2.48 bits per heavy atom. The molecule has 0 spiro atoms. The van der Waals surface area contributed by atoms with Gasteiger partial charge in [0.05, 0.1) is 30.0 Å². The third kappa shape index (κ3) is 3.52. The zero-order chi connectivity index (χ0) is 18.0. The topological polar surface area (TPSA) is 73.2 Å². The number of aryl methyl sites for hydroxylation is 2. The van der Waals surface area contributed by atoms with E-state index in [1.807, 2.05) is 30.5 Å². The van der Waals surface area contributed by atoms with Gasteiger partial charge in [-0.25, -0.2) is 9.78 Å². The number of anilines is 1. The largest absolute Gasteiger partial charge is 0.465 e. The van der Waals surface area contributed by atoms with Crippen LogP contribution < -0.4 is 5.32 Å². The van der Waals surface area contributed by atoms with E-state index in [9.17, 15) is 9.59 Å². The number of benzene rings is 2. The Labute approximate surface area is 145 Å². The maximum absolute atomic E-state index is 12.3. The predicted molar refractivity (Wildman–Crippen MR) is 95.6 cm³/mol. The van der Waals surface area contributed by atoms with Gasteiger partial charge in [0.1, 0.15) is 6.54 Å². The minimum Gasteiger partial charge on any atom is -0.465 e. The first kappa shape index (κ1) is 16.7. The van der Waals surface area contributed by atoms with Crippen molar-refractivity contribution in [1.82, 2.24) is 9.55 Å². The quantitative estimate of drug-likeness (QED) is 0.743. The van der Waals surface area contributed by atoms with Crippen LogP contribution in [0.25, 0.3) is 11.0 Å². The molecule has 0 unspecified atom stereocenters. The van der Waals surface area contributed by atoms with E-state index in [1.54, 1.807) is 30.6 Å². The normalized spacial score (nSPS) is 10.7. The summed E-state index contributed by atoms with van der Waals surface area (Å²) in [5, 5.41) is 2.82. The summed E-state index contributed by atoms with van der Waals surface area (Å²) in [7, 11) is 1.33. The van der Waals surface area contributed by atoms with Crippen LogP contribution in [0.4, 0.5) is 5.69 Å². The molecule has 6 heteroatoms. The van der Waals surface area contributed by atoms with Crippen LogP contribution in [0.15, 0.2) is 42.7 Å². The Bertz CT molecular complexity index is 942. The van der Waals surface area contributed by atoms with Crippen molar-refractivity contribution < 1.29 is 14.3 Å². The van der Waals surface area contributed by atoms with Crippen LogP contribution in [-0.2, 0) is 16.1 Å². The lowest BCUT2D eigenvalue weighted by atomic mass is 10.1. The molecule has 0 aliphatic rings. The highest BCUT2D eigenvalue weighted by atomic mass is 16.5. The molecule has 3 aromatic rings. The number of methoxy groups -OCH3 is 1. The van der Waals surface area contributed by atoms with Gasteiger partial charge in [-0.15, -0.1) is 0 Å². The van der Waals surface area contributed by atoms with Gasteiger partial charge in [0.2, 0.25) is 5.91 Å². The molecule has 0 atom stereocenters. The fourth-order valence-corrected chi connectivity index (χ4v) is 2.60. The summed E-state index contributed by atoms with van der Waals surface area (Å²) in [6.45, 7) is 4.24. The summed E-state index contributed by atoms with van der Waals surface area (Å²) in [5.41, 5.74) is 5.19. The number of esters is 1. The summed E-state index contributed by atoms with van der Waals surface area (Å²) in [4.78, 5) is 28.1. The minimum atomic E-state index is -0.409. The molecular weight excluding hydrogens is 318 g/mol. The molecule has 1 heterocycles. The van der Waals surface area contributed by atoms with Crippen LogP contribution in [0, 0.1) is 13.8 Å². The summed E-state index contributed by atoms with van der Waals surface area (Å²) in [6.07, 6.45) is 1.67. The molecule has 0 fully saturated rings. The number of rotatable bonds is 4. The van der Waals surface area contributed by atoms with Gasteiger partial charge in [-0.05, 0) is 61.4 Å². The van der Waals surface area contributed by atoms with Crippen molar-refractivity contribution in [3.63, 3.8) is 0 Å². The monoisotopic (exact) mass is 337 g/mol. The third-order valence-electron chi connectivity index (χ3n) is 4.14. The number of fused-ring (bicyclic) bond motifs is 1. The second kappa shape index (κ2) is 6.76. The average molecular weight is 337 g/mol. The van der Waals surface area contributed by atoms with Crippen LogP contribution in [0.1, 0.15) is 21.5 Å². The Kier molecular flexibility index (Phi) is 4.52. The number of aromatic nitrogens is 2. The first-order valence-electron chi connectivity index (χ1n) is 7.88. The minimum absolute atomic E-state index is 0.164. The van der Waals surface area contributed by atoms with Gasteiger partial charge in [0.25, 0.3) is 0 Å². The SMILES string of the molecule is COC(=O)c1ccc(NC(=O)Cn2cnc3cc(C)c(C)cc32)cc1. The Hall–Kier alpha value is -3.15. The van der Waals surface area contributed by atoms with Crippen LogP contribution in [-0.4, -0.2) is 28.5 Å². The summed E-state index contributed by atoms with van der Waals surface area (Å²) in [6, 6.07) is 10.6. The number of ether oxygens (including phenoxy) is 1. The smallest absolute Gasteiger partial charge is 0.337 e. The van der Waals surface area contributed by atoms with E-state index < -0.39 is 5.97 Å². The number of carbonyl (C=O) groups excluding carboxylic acids is 2. The maximum Gasteiger partial charge on any atom is 0.337 e. The third-order valence-corrected chi connectivity index (χ3v) is 4.14. The zero-order valence-electron chi connectivity index (χ0n) is 14.4. The van der Waals surface area contributed by atoms with Crippen LogP contribution in [0.5, 0.6) is 0 Å². The number of hydrogen-bond donors (Lipinski definition) is 1. The highest BCUT2D eigenvalue weighted by molar-refractivity contribution is 5.93. The fraction of sp³-hybridized carbons (Fsp3) is 0.211. The lowest BCUT2D eigenvalue weighted by molar-refractivity contribution is -0.116. The number of amides is 1. The number of nitrogens with one attached hydrogen (secondary N) is 1. The van der Waals surface area contributed by atoms with Crippen molar-refractivity contribution in [3.8, 4) is 0 Å². The molecule has 1 aromatic heterocycles. The van der Waals surface area contributed by atoms with E-state index in [0.717, 1.165) is 16.6 Å². The second-order valence-corrected chi connectivity index (χ2v) is 5.91. The van der Waals surface area contributed by atoms with Crippen molar-refractivity contribution in [1.29, 1.82) is 0 Å². The standard InChI is InChI=1S/C19H19N3O3/c1-12-8-16-17(9-13(12)2)22(11-20-16)10-18(23)21-15-6-4-14(5-7-15)19(24)25-3/h4-9,11H,10H2,1-3H3,(H,21,23). The van der Waals surface area contributed by atoms with E-state index in [4.69, 9.17) is 0 Å². The highest BCUT2D eigenvalue weighted by Gasteiger charge is 2.10. The molecule has 25 heavy (non-hydrogen) atoms. The van der Waals surface area contributed by atoms with Crippen molar-refractivity contribution in [2.45, 2.75) is 20.4 Å². The van der Waals surface area contributed by atoms with Gasteiger partial charge in [0, 0.05) is 5.69 Å². The number of nitrogens with zero attached hydrogens (tertiary/aromatic N) is 2. The molecule has 0 aliphatic heterocycles. The second-order valence-electron chi connectivity index (χ2n) is 5.91. The molecule has 0 saturated carbocycles. The molecule has 2 aromatic carbocycles. The lowest BCUT2D eigenvalue weighted by Gasteiger charge is -2.08. The van der Waals surface area contributed by atoms with E-state index in [-0.39, 0.29) is 12.5 Å². The molecule has 128 valence electrons. The molecule has 0 saturated heterocycles. The molecule has 6 nitrogen and oxygen atoms in total. The van der Waals surface area contributed by atoms with E-state index in [1.165, 1.54) is 12.7 Å². The van der Waals surface area contributed by atoms with E-state index >= 15 is 0 Å². The molecular formula is C19H19N3O3. The van der Waals surface area contributed by atoms with Gasteiger partial charge in [0.15, 0.2) is 0 Å². The van der Waals surface area contributed by atoms with Gasteiger partial charge in [-0.3, -0.25) is 4.79 Å². The summed E-state index contributed by atoms with van der Waals surface area (Å²) in [5.74, 6) is -0.572. The lowest BCUT2D eigenvalue weighted by Crippen LogP contribution is -2.18. The number of hydrogen-bond acceptors (Lipinski definition) is 4. The average Bonchev–Trinajstić information content (AvgIpc) is 2.97. The van der Waals surface area contributed by atoms with Crippen LogP contribution >= 0.6 is 0 Å². The Morgan fingerprint density at radius 2 is 1.80 bits per heavy atom. The van der Waals surface area contributed by atoms with Crippen molar-refractivity contribution in [3.05, 3.63) is 59.4 Å². The van der Waals surface area contributed by atoms with Crippen LogP contribution in [0.3, 0.4) is 0 Å². The Morgan fingerprint density at radius 1 is 1.12 bits per heavy atom. The number of imidazole rings is 1. The first-order valence-corrected chi connectivity index (χ1v) is 7.88. The summed E-state index contributed by atoms with van der Waals surface area (Å²) >= 11 is 0. The molecule has 0 aliphatic carbocycles. The Balaban J connectivity index is 1.72. The maximum atomic E-state index is 12.3.